The van der Waals surface area contributed by atoms with Crippen LogP contribution in [0.5, 0.6) is 0 Å². The Morgan fingerprint density at radius 3 is 2.79 bits per heavy atom. The van der Waals surface area contributed by atoms with Gasteiger partial charge in [0, 0.05) is 55.8 Å². The van der Waals surface area contributed by atoms with Gasteiger partial charge in [-0.3, -0.25) is 9.78 Å². The number of carbonyl (C=O) groups is 1. The molecule has 100 valence electrons. The number of nitrogens with zero attached hydrogens (tertiary/aromatic N) is 3. The number of allylic oxidation sites excluding steroid dienone is 1. The number of fused-ring (bicyclic) bond motifs is 1. The zero-order valence-corrected chi connectivity index (χ0v) is 11.8. The molecule has 0 bridgehead atoms. The van der Waals surface area contributed by atoms with Crippen LogP contribution >= 0.6 is 0 Å². The van der Waals surface area contributed by atoms with Gasteiger partial charge in [0.15, 0.2) is 5.78 Å². The van der Waals surface area contributed by atoms with Gasteiger partial charge in [0.05, 0.1) is 11.7 Å². The minimum absolute atomic E-state index is 0.0179. The molecule has 4 nitrogen and oxygen atoms in total. The first kappa shape index (κ1) is 13.3. The van der Waals surface area contributed by atoms with E-state index in [9.17, 15) is 4.79 Å². The van der Waals surface area contributed by atoms with E-state index < -0.39 is 0 Å². The van der Waals surface area contributed by atoms with Gasteiger partial charge in [0.2, 0.25) is 0 Å². The average Bonchev–Trinajstić information content (AvgIpc) is 2.75. The van der Waals surface area contributed by atoms with Crippen molar-refractivity contribution in [2.75, 3.05) is 14.1 Å². The molecule has 0 radical (unpaired) electrons. The third-order valence-electron chi connectivity index (χ3n) is 2.98. The third kappa shape index (κ3) is 2.67. The molecular weight excluding hydrogens is 238 g/mol. The van der Waals surface area contributed by atoms with E-state index in [1.165, 1.54) is 0 Å². The Morgan fingerprint density at radius 2 is 2.16 bits per heavy atom. The van der Waals surface area contributed by atoms with E-state index >= 15 is 0 Å². The predicted octanol–water partition coefficient (Wildman–Crippen LogP) is 2.88. The maximum atomic E-state index is 12.3. The van der Waals surface area contributed by atoms with Crippen LogP contribution in [0.3, 0.4) is 0 Å². The Hall–Kier alpha value is -2.10. The van der Waals surface area contributed by atoms with Crippen molar-refractivity contribution in [3.63, 3.8) is 0 Å². The third-order valence-corrected chi connectivity index (χ3v) is 2.98. The van der Waals surface area contributed by atoms with Crippen LogP contribution in [-0.4, -0.2) is 34.3 Å². The van der Waals surface area contributed by atoms with Gasteiger partial charge in [-0.1, -0.05) is 0 Å². The summed E-state index contributed by atoms with van der Waals surface area (Å²) in [5, 5.41) is 0.956. The monoisotopic (exact) mass is 257 g/mol. The Morgan fingerprint density at radius 1 is 1.42 bits per heavy atom. The van der Waals surface area contributed by atoms with Crippen LogP contribution in [0.25, 0.3) is 10.9 Å². The second kappa shape index (κ2) is 5.26. The molecule has 19 heavy (non-hydrogen) atoms. The number of carbonyl (C=O) groups excluding carboxylic acids is 1. The van der Waals surface area contributed by atoms with E-state index in [4.69, 9.17) is 0 Å². The van der Waals surface area contributed by atoms with Crippen LogP contribution in [-0.2, 0) is 0 Å². The molecule has 0 unspecified atom stereocenters. The minimum Gasteiger partial charge on any atom is -0.383 e. The first-order valence-electron chi connectivity index (χ1n) is 6.34. The van der Waals surface area contributed by atoms with Crippen molar-refractivity contribution in [2.45, 2.75) is 19.9 Å². The molecule has 2 aromatic rings. The number of hydrogen-bond donors (Lipinski definition) is 0. The highest BCUT2D eigenvalue weighted by Crippen LogP contribution is 2.24. The summed E-state index contributed by atoms with van der Waals surface area (Å²) in [5.74, 6) is 0.0179. The van der Waals surface area contributed by atoms with Crippen molar-refractivity contribution in [1.29, 1.82) is 0 Å². The van der Waals surface area contributed by atoms with Gasteiger partial charge in [-0.2, -0.15) is 0 Å². The average molecular weight is 257 g/mol. The van der Waals surface area contributed by atoms with Crippen molar-refractivity contribution in [3.8, 4) is 0 Å². The van der Waals surface area contributed by atoms with Gasteiger partial charge in [-0.15, -0.1) is 0 Å². The number of aromatic nitrogens is 2. The van der Waals surface area contributed by atoms with Crippen LogP contribution in [0.4, 0.5) is 0 Å². The van der Waals surface area contributed by atoms with Gasteiger partial charge < -0.3 is 9.47 Å². The van der Waals surface area contributed by atoms with Crippen LogP contribution < -0.4 is 0 Å². The molecule has 0 amide bonds. The lowest BCUT2D eigenvalue weighted by atomic mass is 10.1. The van der Waals surface area contributed by atoms with Crippen LogP contribution in [0, 0.1) is 0 Å². The SMILES string of the molecule is CC(C)n1cc(C(=O)/C=C/N(C)C)c2ccncc21. The highest BCUT2D eigenvalue weighted by atomic mass is 16.1. The van der Waals surface area contributed by atoms with Gasteiger partial charge in [-0.05, 0) is 19.9 Å². The Balaban J connectivity index is 2.52. The molecule has 2 rings (SSSR count). The van der Waals surface area contributed by atoms with Crippen LogP contribution in [0.2, 0.25) is 0 Å². The normalized spacial score (nSPS) is 11.6. The summed E-state index contributed by atoms with van der Waals surface area (Å²) < 4.78 is 2.08. The van der Waals surface area contributed by atoms with Crippen LogP contribution in [0.1, 0.15) is 30.2 Å². The molecule has 0 aliphatic heterocycles. The van der Waals surface area contributed by atoms with E-state index in [-0.39, 0.29) is 5.78 Å². The fraction of sp³-hybridized carbons (Fsp3) is 0.333. The first-order valence-corrected chi connectivity index (χ1v) is 6.34. The molecule has 0 aromatic carbocycles. The Bertz CT molecular complexity index is 623. The highest BCUT2D eigenvalue weighted by molar-refractivity contribution is 6.13. The molecular formula is C15H19N3O. The van der Waals surface area contributed by atoms with Gasteiger partial charge >= 0.3 is 0 Å². The predicted molar refractivity (Wildman–Crippen MR) is 77.3 cm³/mol. The molecule has 4 heteroatoms. The molecule has 2 heterocycles. The van der Waals surface area contributed by atoms with Crippen molar-refractivity contribution in [1.82, 2.24) is 14.5 Å². The van der Waals surface area contributed by atoms with E-state index in [1.54, 1.807) is 18.5 Å². The topological polar surface area (TPSA) is 38.1 Å². The number of hydrogen-bond acceptors (Lipinski definition) is 3. The maximum absolute atomic E-state index is 12.3. The second-order valence-corrected chi connectivity index (χ2v) is 5.08. The molecule has 0 N–H and O–H groups in total. The smallest absolute Gasteiger partial charge is 0.189 e. The van der Waals surface area contributed by atoms with Crippen molar-refractivity contribution in [3.05, 3.63) is 42.5 Å². The molecule has 0 fully saturated rings. The molecule has 0 aliphatic carbocycles. The van der Waals surface area contributed by atoms with Crippen LogP contribution in [0.15, 0.2) is 36.9 Å². The van der Waals surface area contributed by atoms with E-state index in [0.29, 0.717) is 6.04 Å². The number of rotatable bonds is 4. The summed E-state index contributed by atoms with van der Waals surface area (Å²) in [5.41, 5.74) is 1.73. The quantitative estimate of drug-likeness (QED) is 0.624. The lowest BCUT2D eigenvalue weighted by molar-refractivity contribution is 0.104. The van der Waals surface area contributed by atoms with Gasteiger partial charge in [0.1, 0.15) is 0 Å². The summed E-state index contributed by atoms with van der Waals surface area (Å²) in [6.45, 7) is 4.19. The standard InChI is InChI=1S/C15H19N3O/c1-11(2)18-10-13(15(19)6-8-17(3)4)12-5-7-16-9-14(12)18/h5-11H,1-4H3/b8-6+. The highest BCUT2D eigenvalue weighted by Gasteiger charge is 2.14. The zero-order valence-electron chi connectivity index (χ0n) is 11.8. The lowest BCUT2D eigenvalue weighted by Gasteiger charge is -2.07. The van der Waals surface area contributed by atoms with E-state index in [2.05, 4.69) is 23.4 Å². The van der Waals surface area contributed by atoms with Crippen molar-refractivity contribution in [2.24, 2.45) is 0 Å². The Labute approximate surface area is 113 Å². The molecule has 2 aromatic heterocycles. The van der Waals surface area contributed by atoms with Crippen molar-refractivity contribution < 1.29 is 4.79 Å². The summed E-state index contributed by atoms with van der Waals surface area (Å²) in [6.07, 6.45) is 8.81. The summed E-state index contributed by atoms with van der Waals surface area (Å²) in [4.78, 5) is 18.2. The van der Waals surface area contributed by atoms with Gasteiger partial charge in [-0.25, -0.2) is 0 Å². The summed E-state index contributed by atoms with van der Waals surface area (Å²) >= 11 is 0. The molecule has 0 aliphatic rings. The zero-order chi connectivity index (χ0) is 14.0. The largest absolute Gasteiger partial charge is 0.383 e. The first-order chi connectivity index (χ1) is 9.00. The van der Waals surface area contributed by atoms with Gasteiger partial charge in [0.25, 0.3) is 0 Å². The fourth-order valence-electron chi connectivity index (χ4n) is 2.03. The van der Waals surface area contributed by atoms with E-state index in [0.717, 1.165) is 16.5 Å². The van der Waals surface area contributed by atoms with E-state index in [1.807, 2.05) is 37.5 Å². The Kier molecular flexibility index (Phi) is 3.69. The molecule has 0 saturated carbocycles. The minimum atomic E-state index is 0.0179. The molecule has 0 atom stereocenters. The summed E-state index contributed by atoms with van der Waals surface area (Å²) in [6, 6.07) is 2.19. The summed E-state index contributed by atoms with van der Waals surface area (Å²) in [7, 11) is 3.79. The second-order valence-electron chi connectivity index (χ2n) is 5.08. The lowest BCUT2D eigenvalue weighted by Crippen LogP contribution is -2.03. The maximum Gasteiger partial charge on any atom is 0.189 e. The number of ketones is 1. The molecule has 0 spiro atoms. The number of pyridine rings is 1. The van der Waals surface area contributed by atoms with Crippen molar-refractivity contribution >= 4 is 16.7 Å². The molecule has 0 saturated heterocycles. The fourth-order valence-corrected chi connectivity index (χ4v) is 2.03.